The predicted molar refractivity (Wildman–Crippen MR) is 89.6 cm³/mol. The van der Waals surface area contributed by atoms with Crippen LogP contribution in [0.4, 0.5) is 13.2 Å². The highest BCUT2D eigenvalue weighted by atomic mass is 35.5. The molecular formula is C16H11Cl2F3OS. The summed E-state index contributed by atoms with van der Waals surface area (Å²) in [5.41, 5.74) is 0.0670. The van der Waals surface area contributed by atoms with E-state index in [1.165, 1.54) is 24.3 Å². The zero-order valence-electron chi connectivity index (χ0n) is 11.6. The van der Waals surface area contributed by atoms with Crippen molar-refractivity contribution in [2.45, 2.75) is 19.0 Å². The lowest BCUT2D eigenvalue weighted by atomic mass is 9.99. The molecule has 0 fully saturated rings. The first-order chi connectivity index (χ1) is 10.7. The Hall–Kier alpha value is -1.30. The van der Waals surface area contributed by atoms with Gasteiger partial charge < -0.3 is 5.11 Å². The Morgan fingerprint density at radius 1 is 1.04 bits per heavy atom. The zero-order valence-corrected chi connectivity index (χ0v) is 14.0. The molecule has 0 saturated carbocycles. The second kappa shape index (κ2) is 7.07. The van der Waals surface area contributed by atoms with Gasteiger partial charge in [0.1, 0.15) is 0 Å². The molecule has 2 aromatic carbocycles. The quantitative estimate of drug-likeness (QED) is 0.671. The SMILES string of the molecule is Oc1c(Cl)cc(CC(=S)Cc2ccccc2C(F)(F)F)cc1Cl. The van der Waals surface area contributed by atoms with Crippen LogP contribution in [0.5, 0.6) is 5.75 Å². The highest BCUT2D eigenvalue weighted by molar-refractivity contribution is 7.80. The van der Waals surface area contributed by atoms with Crippen LogP contribution in [-0.2, 0) is 19.0 Å². The van der Waals surface area contributed by atoms with E-state index in [0.29, 0.717) is 10.4 Å². The van der Waals surface area contributed by atoms with Gasteiger partial charge in [-0.15, -0.1) is 0 Å². The first kappa shape index (κ1) is 18.0. The molecule has 0 heterocycles. The highest BCUT2D eigenvalue weighted by Gasteiger charge is 2.32. The summed E-state index contributed by atoms with van der Waals surface area (Å²) < 4.78 is 38.9. The van der Waals surface area contributed by atoms with E-state index >= 15 is 0 Å². The summed E-state index contributed by atoms with van der Waals surface area (Å²) >= 11 is 16.8. The molecule has 1 nitrogen and oxygen atoms in total. The summed E-state index contributed by atoms with van der Waals surface area (Å²) in [5, 5.41) is 9.65. The summed E-state index contributed by atoms with van der Waals surface area (Å²) in [6.45, 7) is 0. The van der Waals surface area contributed by atoms with Crippen LogP contribution in [0.15, 0.2) is 36.4 Å². The highest BCUT2D eigenvalue weighted by Crippen LogP contribution is 2.34. The number of rotatable bonds is 4. The van der Waals surface area contributed by atoms with Gasteiger partial charge in [-0.2, -0.15) is 13.2 Å². The van der Waals surface area contributed by atoms with Crippen LogP contribution in [0.3, 0.4) is 0 Å². The van der Waals surface area contributed by atoms with Gasteiger partial charge in [-0.3, -0.25) is 0 Å². The third-order valence-electron chi connectivity index (χ3n) is 3.19. The standard InChI is InChI=1S/C16H11Cl2F3OS/c17-13-6-9(7-14(18)15(13)22)5-11(23)8-10-3-1-2-4-12(10)16(19,20)21/h1-4,6-7,22H,5,8H2. The summed E-state index contributed by atoms with van der Waals surface area (Å²) in [5.74, 6) is -0.231. The van der Waals surface area contributed by atoms with Crippen LogP contribution in [-0.4, -0.2) is 9.97 Å². The number of benzene rings is 2. The summed E-state index contributed by atoms with van der Waals surface area (Å²) in [6.07, 6.45) is -4.17. The molecule has 7 heteroatoms. The van der Waals surface area contributed by atoms with Crippen molar-refractivity contribution >= 4 is 40.3 Å². The van der Waals surface area contributed by atoms with Crippen molar-refractivity contribution in [3.8, 4) is 5.75 Å². The van der Waals surface area contributed by atoms with Crippen molar-refractivity contribution in [3.05, 3.63) is 63.1 Å². The van der Waals surface area contributed by atoms with E-state index < -0.39 is 11.7 Å². The summed E-state index contributed by atoms with van der Waals surface area (Å²) in [6, 6.07) is 8.31. The Balaban J connectivity index is 2.18. The molecule has 0 atom stereocenters. The molecule has 0 bridgehead atoms. The first-order valence-corrected chi connectivity index (χ1v) is 7.68. The molecule has 0 amide bonds. The molecule has 0 aliphatic carbocycles. The summed E-state index contributed by atoms with van der Waals surface area (Å²) in [4.78, 5) is 0.416. The van der Waals surface area contributed by atoms with Gasteiger partial charge in [0.2, 0.25) is 0 Å². The maximum Gasteiger partial charge on any atom is 0.416 e. The van der Waals surface area contributed by atoms with Gasteiger partial charge in [-0.1, -0.05) is 53.6 Å². The minimum absolute atomic E-state index is 0.0150. The second-order valence-electron chi connectivity index (χ2n) is 4.96. The fourth-order valence-electron chi connectivity index (χ4n) is 2.17. The number of alkyl halides is 3. The number of phenols is 1. The third-order valence-corrected chi connectivity index (χ3v) is 4.05. The van der Waals surface area contributed by atoms with Crippen molar-refractivity contribution in [1.29, 1.82) is 0 Å². The molecule has 0 aliphatic heterocycles. The van der Waals surface area contributed by atoms with E-state index in [2.05, 4.69) is 0 Å². The van der Waals surface area contributed by atoms with Crippen molar-refractivity contribution < 1.29 is 18.3 Å². The average Bonchev–Trinajstić information content (AvgIpc) is 2.44. The lowest BCUT2D eigenvalue weighted by Crippen LogP contribution is -2.12. The molecule has 2 rings (SSSR count). The Morgan fingerprint density at radius 2 is 1.61 bits per heavy atom. The van der Waals surface area contributed by atoms with Crippen molar-refractivity contribution in [2.24, 2.45) is 0 Å². The van der Waals surface area contributed by atoms with Crippen molar-refractivity contribution in [2.75, 3.05) is 0 Å². The topological polar surface area (TPSA) is 20.2 Å². The normalized spacial score (nSPS) is 11.5. The van der Waals surface area contributed by atoms with E-state index in [1.54, 1.807) is 6.07 Å². The average molecular weight is 379 g/mol. The number of phenolic OH excluding ortho intramolecular Hbond substituents is 1. The smallest absolute Gasteiger partial charge is 0.416 e. The second-order valence-corrected chi connectivity index (χ2v) is 6.35. The zero-order chi connectivity index (χ0) is 17.2. The van der Waals surface area contributed by atoms with Crippen molar-refractivity contribution in [3.63, 3.8) is 0 Å². The Kier molecular flexibility index (Phi) is 5.55. The van der Waals surface area contributed by atoms with Gasteiger partial charge in [0.25, 0.3) is 0 Å². The maximum absolute atomic E-state index is 13.0. The monoisotopic (exact) mass is 378 g/mol. The van der Waals surface area contributed by atoms with Crippen LogP contribution in [0.1, 0.15) is 16.7 Å². The molecule has 0 spiro atoms. The van der Waals surface area contributed by atoms with Gasteiger partial charge >= 0.3 is 6.18 Å². The van der Waals surface area contributed by atoms with Gasteiger partial charge in [-0.05, 0) is 29.3 Å². The maximum atomic E-state index is 13.0. The van der Waals surface area contributed by atoms with Gasteiger partial charge in [0.05, 0.1) is 15.6 Å². The van der Waals surface area contributed by atoms with Crippen LogP contribution in [0, 0.1) is 0 Å². The van der Waals surface area contributed by atoms with Crippen LogP contribution < -0.4 is 0 Å². The Labute approximate surface area is 146 Å². The van der Waals surface area contributed by atoms with E-state index in [0.717, 1.165) is 6.07 Å². The molecule has 0 aliphatic rings. The molecule has 0 saturated heterocycles. The number of hydrogen-bond acceptors (Lipinski definition) is 2. The van der Waals surface area contributed by atoms with Crippen LogP contribution >= 0.6 is 35.4 Å². The lowest BCUT2D eigenvalue weighted by molar-refractivity contribution is -0.138. The number of hydrogen-bond donors (Lipinski definition) is 1. The van der Waals surface area contributed by atoms with Crippen LogP contribution in [0.2, 0.25) is 10.0 Å². The molecule has 0 aromatic heterocycles. The van der Waals surface area contributed by atoms with E-state index in [-0.39, 0.29) is 34.2 Å². The minimum Gasteiger partial charge on any atom is -0.505 e. The fraction of sp³-hybridized carbons (Fsp3) is 0.188. The minimum atomic E-state index is -4.42. The molecular weight excluding hydrogens is 368 g/mol. The molecule has 0 radical (unpaired) electrons. The number of thiocarbonyl (C=S) groups is 1. The molecule has 23 heavy (non-hydrogen) atoms. The first-order valence-electron chi connectivity index (χ1n) is 6.52. The Morgan fingerprint density at radius 3 is 2.17 bits per heavy atom. The lowest BCUT2D eigenvalue weighted by Gasteiger charge is -2.13. The molecule has 122 valence electrons. The predicted octanol–water partition coefficient (Wildman–Crippen LogP) is 5.87. The number of aromatic hydroxyl groups is 1. The van der Waals surface area contributed by atoms with E-state index in [1.807, 2.05) is 0 Å². The van der Waals surface area contributed by atoms with Gasteiger partial charge in [0, 0.05) is 17.7 Å². The molecule has 1 N–H and O–H groups in total. The summed E-state index contributed by atoms with van der Waals surface area (Å²) in [7, 11) is 0. The Bertz CT molecular complexity index is 721. The largest absolute Gasteiger partial charge is 0.505 e. The fourth-order valence-corrected chi connectivity index (χ4v) is 3.03. The van der Waals surface area contributed by atoms with Gasteiger partial charge in [-0.25, -0.2) is 0 Å². The van der Waals surface area contributed by atoms with Gasteiger partial charge in [0.15, 0.2) is 5.75 Å². The van der Waals surface area contributed by atoms with Crippen molar-refractivity contribution in [1.82, 2.24) is 0 Å². The molecule has 2 aromatic rings. The third kappa shape index (κ3) is 4.59. The van der Waals surface area contributed by atoms with E-state index in [4.69, 9.17) is 35.4 Å². The number of halogens is 5. The van der Waals surface area contributed by atoms with E-state index in [9.17, 15) is 18.3 Å². The van der Waals surface area contributed by atoms with Crippen LogP contribution in [0.25, 0.3) is 0 Å². The molecule has 0 unspecified atom stereocenters.